The molecule has 0 aliphatic carbocycles. The van der Waals surface area contributed by atoms with E-state index in [0.29, 0.717) is 12.0 Å². The van der Waals surface area contributed by atoms with Gasteiger partial charge in [-0.2, -0.15) is 0 Å². The Kier molecular flexibility index (Phi) is 3.79. The molecule has 3 aromatic rings. The Labute approximate surface area is 128 Å². The Hall–Kier alpha value is -1.71. The molecule has 0 spiro atoms. The minimum atomic E-state index is -0.466. The van der Waals surface area contributed by atoms with Crippen LogP contribution >= 0.6 is 11.3 Å². The zero-order valence-electron chi connectivity index (χ0n) is 12.0. The summed E-state index contributed by atoms with van der Waals surface area (Å²) in [6.07, 6.45) is 1.27. The normalized spacial score (nSPS) is 14.2. The number of halogens is 1. The first kappa shape index (κ1) is 14.2. The van der Waals surface area contributed by atoms with Crippen molar-refractivity contribution >= 4 is 21.4 Å². The first-order valence-electron chi connectivity index (χ1n) is 7.03. The van der Waals surface area contributed by atoms with Gasteiger partial charge >= 0.3 is 0 Å². The van der Waals surface area contributed by atoms with Crippen LogP contribution in [0.4, 0.5) is 4.39 Å². The zero-order valence-corrected chi connectivity index (χ0v) is 12.8. The molecule has 2 aromatic carbocycles. The van der Waals surface area contributed by atoms with E-state index >= 15 is 0 Å². The third-order valence-electron chi connectivity index (χ3n) is 3.71. The van der Waals surface area contributed by atoms with Gasteiger partial charge in [-0.15, -0.1) is 11.3 Å². The molecule has 1 unspecified atom stereocenters. The summed E-state index contributed by atoms with van der Waals surface area (Å²) in [5.74, 6) is -0.177. The van der Waals surface area contributed by atoms with E-state index in [2.05, 4.69) is 17.5 Å². The molecule has 1 nitrogen and oxygen atoms in total. The maximum atomic E-state index is 13.8. The molecule has 1 heterocycles. The van der Waals surface area contributed by atoms with Gasteiger partial charge in [-0.1, -0.05) is 36.4 Å². The molecule has 3 rings (SSSR count). The number of benzene rings is 2. The average molecular weight is 299 g/mol. The highest BCUT2D eigenvalue weighted by molar-refractivity contribution is 7.17. The van der Waals surface area contributed by atoms with Crippen LogP contribution in [0.2, 0.25) is 0 Å². The fraction of sp³-hybridized carbons (Fsp3) is 0.222. The molecule has 0 amide bonds. The Morgan fingerprint density at radius 3 is 2.48 bits per heavy atom. The Bertz CT molecular complexity index is 761. The monoisotopic (exact) mass is 299 g/mol. The van der Waals surface area contributed by atoms with E-state index < -0.39 is 5.54 Å². The molecular formula is C18H18FNS. The Morgan fingerprint density at radius 2 is 1.67 bits per heavy atom. The molecular weight excluding hydrogens is 281 g/mol. The van der Waals surface area contributed by atoms with Crippen LogP contribution in [-0.4, -0.2) is 5.54 Å². The van der Waals surface area contributed by atoms with Crippen molar-refractivity contribution in [2.75, 3.05) is 0 Å². The maximum absolute atomic E-state index is 13.8. The summed E-state index contributed by atoms with van der Waals surface area (Å²) in [7, 11) is 0. The number of hydrogen-bond acceptors (Lipinski definition) is 2. The summed E-state index contributed by atoms with van der Waals surface area (Å²) >= 11 is 1.73. The molecule has 0 aliphatic heterocycles. The molecule has 0 aliphatic rings. The number of nitrogens with two attached hydrogens (primary N) is 1. The fourth-order valence-corrected chi connectivity index (χ4v) is 3.71. The molecule has 2 N–H and O–H groups in total. The fourth-order valence-electron chi connectivity index (χ4n) is 2.74. The highest BCUT2D eigenvalue weighted by Crippen LogP contribution is 2.29. The molecule has 108 valence electrons. The highest BCUT2D eigenvalue weighted by atomic mass is 32.1. The van der Waals surface area contributed by atoms with Crippen molar-refractivity contribution in [2.45, 2.75) is 25.3 Å². The maximum Gasteiger partial charge on any atom is 0.126 e. The summed E-state index contributed by atoms with van der Waals surface area (Å²) in [6.45, 7) is 1.99. The van der Waals surface area contributed by atoms with E-state index in [4.69, 9.17) is 5.73 Å². The number of rotatable bonds is 4. The van der Waals surface area contributed by atoms with E-state index in [-0.39, 0.29) is 5.82 Å². The number of thiophene rings is 1. The van der Waals surface area contributed by atoms with Gasteiger partial charge in [0, 0.05) is 10.2 Å². The summed E-state index contributed by atoms with van der Waals surface area (Å²) in [6, 6.07) is 15.2. The largest absolute Gasteiger partial charge is 0.325 e. The van der Waals surface area contributed by atoms with Crippen LogP contribution in [0.15, 0.2) is 53.9 Å². The molecule has 1 aromatic heterocycles. The minimum Gasteiger partial charge on any atom is -0.325 e. The minimum absolute atomic E-state index is 0.177. The van der Waals surface area contributed by atoms with Crippen LogP contribution in [-0.2, 0) is 12.8 Å². The van der Waals surface area contributed by atoms with Crippen molar-refractivity contribution < 1.29 is 4.39 Å². The van der Waals surface area contributed by atoms with Crippen LogP contribution in [0.3, 0.4) is 0 Å². The van der Waals surface area contributed by atoms with Gasteiger partial charge in [0.1, 0.15) is 5.82 Å². The lowest BCUT2D eigenvalue weighted by Crippen LogP contribution is -2.41. The summed E-state index contributed by atoms with van der Waals surface area (Å²) in [5, 5.41) is 3.42. The standard InChI is InChI=1S/C18H18FNS/c1-18(20,10-13-6-2-4-8-16(13)19)11-14-12-21-17-9-5-3-7-15(14)17/h2-9,12H,10-11,20H2,1H3. The summed E-state index contributed by atoms with van der Waals surface area (Å²) < 4.78 is 15.1. The van der Waals surface area contributed by atoms with E-state index in [0.717, 1.165) is 6.42 Å². The van der Waals surface area contributed by atoms with E-state index in [1.165, 1.54) is 21.7 Å². The van der Waals surface area contributed by atoms with Gasteiger partial charge in [-0.05, 0) is 53.8 Å². The smallest absolute Gasteiger partial charge is 0.126 e. The number of hydrogen-bond donors (Lipinski definition) is 1. The lowest BCUT2D eigenvalue weighted by Gasteiger charge is -2.25. The van der Waals surface area contributed by atoms with Crippen LogP contribution in [0.25, 0.3) is 10.1 Å². The second kappa shape index (κ2) is 5.58. The van der Waals surface area contributed by atoms with Gasteiger partial charge in [0.15, 0.2) is 0 Å². The SMILES string of the molecule is CC(N)(Cc1ccccc1F)Cc1csc2ccccc12. The van der Waals surface area contributed by atoms with Gasteiger partial charge in [-0.3, -0.25) is 0 Å². The van der Waals surface area contributed by atoms with E-state index in [1.54, 1.807) is 17.4 Å². The van der Waals surface area contributed by atoms with Gasteiger partial charge in [-0.25, -0.2) is 4.39 Å². The topological polar surface area (TPSA) is 26.0 Å². The molecule has 3 heteroatoms. The summed E-state index contributed by atoms with van der Waals surface area (Å²) in [4.78, 5) is 0. The lowest BCUT2D eigenvalue weighted by molar-refractivity contribution is 0.453. The predicted molar refractivity (Wildman–Crippen MR) is 88.2 cm³/mol. The summed E-state index contributed by atoms with van der Waals surface area (Å²) in [5.41, 5.74) is 7.90. The van der Waals surface area contributed by atoms with Gasteiger partial charge < -0.3 is 5.73 Å². The first-order chi connectivity index (χ1) is 10.1. The third kappa shape index (κ3) is 3.14. The average Bonchev–Trinajstić information content (AvgIpc) is 2.84. The first-order valence-corrected chi connectivity index (χ1v) is 7.90. The zero-order chi connectivity index (χ0) is 14.9. The van der Waals surface area contributed by atoms with Crippen molar-refractivity contribution in [2.24, 2.45) is 5.73 Å². The van der Waals surface area contributed by atoms with Crippen LogP contribution in [0.1, 0.15) is 18.1 Å². The van der Waals surface area contributed by atoms with Gasteiger partial charge in [0.2, 0.25) is 0 Å². The molecule has 0 saturated heterocycles. The molecule has 0 radical (unpaired) electrons. The number of fused-ring (bicyclic) bond motifs is 1. The predicted octanol–water partition coefficient (Wildman–Crippen LogP) is 4.54. The lowest BCUT2D eigenvalue weighted by atomic mass is 9.87. The van der Waals surface area contributed by atoms with Gasteiger partial charge in [0.05, 0.1) is 0 Å². The van der Waals surface area contributed by atoms with Crippen molar-refractivity contribution in [3.8, 4) is 0 Å². The molecule has 0 bridgehead atoms. The second-order valence-electron chi connectivity index (χ2n) is 5.86. The van der Waals surface area contributed by atoms with Crippen LogP contribution in [0.5, 0.6) is 0 Å². The van der Waals surface area contributed by atoms with Crippen molar-refractivity contribution in [3.05, 3.63) is 70.9 Å². The van der Waals surface area contributed by atoms with E-state index in [9.17, 15) is 4.39 Å². The van der Waals surface area contributed by atoms with Crippen LogP contribution in [0, 0.1) is 5.82 Å². The molecule has 0 saturated carbocycles. The highest BCUT2D eigenvalue weighted by Gasteiger charge is 2.22. The van der Waals surface area contributed by atoms with Crippen LogP contribution < -0.4 is 5.73 Å². The Balaban J connectivity index is 1.84. The molecule has 21 heavy (non-hydrogen) atoms. The van der Waals surface area contributed by atoms with Gasteiger partial charge in [0.25, 0.3) is 0 Å². The second-order valence-corrected chi connectivity index (χ2v) is 6.77. The van der Waals surface area contributed by atoms with Crippen molar-refractivity contribution in [1.29, 1.82) is 0 Å². The molecule has 1 atom stereocenters. The van der Waals surface area contributed by atoms with E-state index in [1.807, 2.05) is 31.2 Å². The van der Waals surface area contributed by atoms with Crippen molar-refractivity contribution in [3.63, 3.8) is 0 Å². The Morgan fingerprint density at radius 1 is 1.00 bits per heavy atom. The quantitative estimate of drug-likeness (QED) is 0.752. The molecule has 0 fully saturated rings. The third-order valence-corrected chi connectivity index (χ3v) is 4.72. The van der Waals surface area contributed by atoms with Crippen molar-refractivity contribution in [1.82, 2.24) is 0 Å².